The maximum atomic E-state index is 10.2. The minimum absolute atomic E-state index is 0.185. The van der Waals surface area contributed by atoms with Crippen LogP contribution in [0.5, 0.6) is 0 Å². The molecule has 0 saturated heterocycles. The minimum atomic E-state index is -0.185. The van der Waals surface area contributed by atoms with E-state index in [0.29, 0.717) is 17.7 Å². The molecule has 66 valence electrons. The van der Waals surface area contributed by atoms with Crippen LogP contribution in [0.25, 0.3) is 0 Å². The maximum absolute atomic E-state index is 10.2. The van der Waals surface area contributed by atoms with Gasteiger partial charge in [0.15, 0.2) is 0 Å². The number of carbonyl (C=O) groups is 1. The van der Waals surface area contributed by atoms with Crippen LogP contribution in [-0.4, -0.2) is 18.1 Å². The van der Waals surface area contributed by atoms with Crippen LogP contribution in [0.1, 0.15) is 5.56 Å². The van der Waals surface area contributed by atoms with Crippen molar-refractivity contribution in [3.8, 4) is 11.8 Å². The Balaban J connectivity index is 2.96. The van der Waals surface area contributed by atoms with Crippen molar-refractivity contribution in [2.45, 2.75) is 0 Å². The van der Waals surface area contributed by atoms with Gasteiger partial charge in [-0.3, -0.25) is 4.79 Å². The van der Waals surface area contributed by atoms with Crippen molar-refractivity contribution < 1.29 is 9.90 Å². The van der Waals surface area contributed by atoms with Gasteiger partial charge in [0.25, 0.3) is 0 Å². The lowest BCUT2D eigenvalue weighted by Gasteiger charge is -2.00. The van der Waals surface area contributed by atoms with Gasteiger partial charge in [-0.15, -0.1) is 0 Å². The molecular formula is C10H9NO2. The Kier molecular flexibility index (Phi) is 3.55. The molecule has 0 atom stereocenters. The molecule has 0 aliphatic heterocycles. The van der Waals surface area contributed by atoms with Crippen molar-refractivity contribution in [3.63, 3.8) is 0 Å². The zero-order valence-electron chi connectivity index (χ0n) is 6.95. The Morgan fingerprint density at radius 3 is 2.92 bits per heavy atom. The standard InChI is InChI=1S/C10H9NO2/c12-7-3-5-9-4-1-2-6-10(9)11-8-13/h1-2,4,6,8,12H,7H2,(H,11,13). The number of benzene rings is 1. The summed E-state index contributed by atoms with van der Waals surface area (Å²) in [6, 6.07) is 7.14. The van der Waals surface area contributed by atoms with Crippen LogP contribution in [-0.2, 0) is 4.79 Å². The number of anilines is 1. The molecule has 3 nitrogen and oxygen atoms in total. The highest BCUT2D eigenvalue weighted by atomic mass is 16.2. The molecule has 1 aromatic carbocycles. The molecule has 0 bridgehead atoms. The van der Waals surface area contributed by atoms with E-state index in [9.17, 15) is 4.79 Å². The second-order valence-corrected chi connectivity index (χ2v) is 2.27. The summed E-state index contributed by atoms with van der Waals surface area (Å²) < 4.78 is 0. The molecule has 0 aromatic heterocycles. The SMILES string of the molecule is O=CNc1ccccc1C#CCO. The highest BCUT2D eigenvalue weighted by molar-refractivity contribution is 5.75. The highest BCUT2D eigenvalue weighted by Gasteiger charge is 1.95. The summed E-state index contributed by atoms with van der Waals surface area (Å²) in [5.41, 5.74) is 1.35. The molecule has 0 fully saturated rings. The van der Waals surface area contributed by atoms with Gasteiger partial charge < -0.3 is 10.4 Å². The molecule has 13 heavy (non-hydrogen) atoms. The van der Waals surface area contributed by atoms with Gasteiger partial charge in [-0.25, -0.2) is 0 Å². The fourth-order valence-electron chi connectivity index (χ4n) is 0.916. The molecule has 3 heteroatoms. The van der Waals surface area contributed by atoms with E-state index in [1.807, 2.05) is 6.07 Å². The number of nitrogens with one attached hydrogen (secondary N) is 1. The van der Waals surface area contributed by atoms with E-state index in [2.05, 4.69) is 17.2 Å². The minimum Gasteiger partial charge on any atom is -0.384 e. The van der Waals surface area contributed by atoms with Gasteiger partial charge in [0.05, 0.1) is 5.69 Å². The van der Waals surface area contributed by atoms with Crippen molar-refractivity contribution in [2.75, 3.05) is 11.9 Å². The largest absolute Gasteiger partial charge is 0.384 e. The maximum Gasteiger partial charge on any atom is 0.211 e. The number of carbonyl (C=O) groups excluding carboxylic acids is 1. The van der Waals surface area contributed by atoms with Crippen LogP contribution >= 0.6 is 0 Å². The smallest absolute Gasteiger partial charge is 0.211 e. The zero-order valence-corrected chi connectivity index (χ0v) is 6.95. The number of rotatable bonds is 2. The topological polar surface area (TPSA) is 49.3 Å². The van der Waals surface area contributed by atoms with Crippen LogP contribution in [0.15, 0.2) is 24.3 Å². The van der Waals surface area contributed by atoms with Gasteiger partial charge >= 0.3 is 0 Å². The molecule has 1 rings (SSSR count). The third kappa shape index (κ3) is 2.62. The van der Waals surface area contributed by atoms with Gasteiger partial charge in [0, 0.05) is 5.56 Å². The van der Waals surface area contributed by atoms with Crippen molar-refractivity contribution in [2.24, 2.45) is 0 Å². The fourth-order valence-corrected chi connectivity index (χ4v) is 0.916. The number of amides is 1. The molecule has 0 aliphatic carbocycles. The Hall–Kier alpha value is -1.79. The van der Waals surface area contributed by atoms with Crippen molar-refractivity contribution in [1.29, 1.82) is 0 Å². The Morgan fingerprint density at radius 1 is 1.46 bits per heavy atom. The summed E-state index contributed by atoms with van der Waals surface area (Å²) in [7, 11) is 0. The van der Waals surface area contributed by atoms with Crippen LogP contribution in [0.4, 0.5) is 5.69 Å². The van der Waals surface area contributed by atoms with E-state index in [-0.39, 0.29) is 6.61 Å². The number of aliphatic hydroxyl groups excluding tert-OH is 1. The molecule has 1 aromatic rings. The highest BCUT2D eigenvalue weighted by Crippen LogP contribution is 2.11. The molecule has 0 radical (unpaired) electrons. The average molecular weight is 175 g/mol. The van der Waals surface area contributed by atoms with Gasteiger partial charge in [-0.05, 0) is 12.1 Å². The first-order valence-electron chi connectivity index (χ1n) is 3.77. The summed E-state index contributed by atoms with van der Waals surface area (Å²) in [5.74, 6) is 5.24. The molecule has 1 amide bonds. The Bertz CT molecular complexity index is 349. The van der Waals surface area contributed by atoms with Gasteiger partial charge in [-0.2, -0.15) is 0 Å². The lowest BCUT2D eigenvalue weighted by Crippen LogP contribution is -1.96. The Morgan fingerprint density at radius 2 is 2.23 bits per heavy atom. The van der Waals surface area contributed by atoms with E-state index >= 15 is 0 Å². The summed E-state index contributed by atoms with van der Waals surface area (Å²) in [4.78, 5) is 10.2. The van der Waals surface area contributed by atoms with E-state index < -0.39 is 0 Å². The molecule has 0 unspecified atom stereocenters. The van der Waals surface area contributed by atoms with Gasteiger partial charge in [-0.1, -0.05) is 24.0 Å². The lowest BCUT2D eigenvalue weighted by atomic mass is 10.2. The van der Waals surface area contributed by atoms with Crippen LogP contribution in [0.2, 0.25) is 0 Å². The average Bonchev–Trinajstić information content (AvgIpc) is 2.17. The predicted octanol–water partition coefficient (Wildman–Crippen LogP) is 0.599. The molecule has 0 saturated carbocycles. The third-order valence-corrected chi connectivity index (χ3v) is 1.44. The number of hydrogen-bond acceptors (Lipinski definition) is 2. The summed E-state index contributed by atoms with van der Waals surface area (Å²) in [6.07, 6.45) is 0.597. The van der Waals surface area contributed by atoms with Gasteiger partial charge in [0.2, 0.25) is 6.41 Å². The lowest BCUT2D eigenvalue weighted by molar-refractivity contribution is -0.105. The fraction of sp³-hybridized carbons (Fsp3) is 0.100. The van der Waals surface area contributed by atoms with Crippen molar-refractivity contribution in [1.82, 2.24) is 0 Å². The van der Waals surface area contributed by atoms with Crippen LogP contribution in [0.3, 0.4) is 0 Å². The second-order valence-electron chi connectivity index (χ2n) is 2.27. The summed E-state index contributed by atoms with van der Waals surface area (Å²) >= 11 is 0. The number of aliphatic hydroxyl groups is 1. The van der Waals surface area contributed by atoms with E-state index in [1.165, 1.54) is 0 Å². The second kappa shape index (κ2) is 4.96. The van der Waals surface area contributed by atoms with Crippen molar-refractivity contribution >= 4 is 12.1 Å². The molecule has 0 heterocycles. The first-order chi connectivity index (χ1) is 6.38. The summed E-state index contributed by atoms with van der Waals surface area (Å²) in [6.45, 7) is -0.185. The van der Waals surface area contributed by atoms with E-state index in [0.717, 1.165) is 0 Å². The molecule has 2 N–H and O–H groups in total. The van der Waals surface area contributed by atoms with Gasteiger partial charge in [0.1, 0.15) is 6.61 Å². The Labute approximate surface area is 76.4 Å². The molecular weight excluding hydrogens is 166 g/mol. The quantitative estimate of drug-likeness (QED) is 0.510. The van der Waals surface area contributed by atoms with Crippen LogP contribution in [0, 0.1) is 11.8 Å². The number of para-hydroxylation sites is 1. The third-order valence-electron chi connectivity index (χ3n) is 1.44. The normalized spacial score (nSPS) is 8.38. The predicted molar refractivity (Wildman–Crippen MR) is 50.1 cm³/mol. The van der Waals surface area contributed by atoms with Crippen molar-refractivity contribution in [3.05, 3.63) is 29.8 Å². The first kappa shape index (κ1) is 9.30. The molecule has 0 aliphatic rings. The number of hydrogen-bond donors (Lipinski definition) is 2. The van der Waals surface area contributed by atoms with E-state index in [1.54, 1.807) is 18.2 Å². The van der Waals surface area contributed by atoms with Crippen LogP contribution < -0.4 is 5.32 Å². The summed E-state index contributed by atoms with van der Waals surface area (Å²) in [5, 5.41) is 11.0. The molecule has 0 spiro atoms. The zero-order chi connectivity index (χ0) is 9.52. The van der Waals surface area contributed by atoms with E-state index in [4.69, 9.17) is 5.11 Å². The monoisotopic (exact) mass is 175 g/mol. The first-order valence-corrected chi connectivity index (χ1v) is 3.77.